The number of hydrogen-bond donors (Lipinski definition) is 1. The molecule has 1 saturated heterocycles. The molecule has 2 rings (SSSR count). The van der Waals surface area contributed by atoms with E-state index in [1.165, 1.54) is 0 Å². The Kier molecular flexibility index (Phi) is 3.88. The molecular weight excluding hydrogens is 240 g/mol. The van der Waals surface area contributed by atoms with Crippen molar-refractivity contribution in [1.82, 2.24) is 10.2 Å². The van der Waals surface area contributed by atoms with Gasteiger partial charge in [0.2, 0.25) is 11.8 Å². The van der Waals surface area contributed by atoms with Gasteiger partial charge in [-0.05, 0) is 19.4 Å². The maximum Gasteiger partial charge on any atom is 0.232 e. The summed E-state index contributed by atoms with van der Waals surface area (Å²) in [5.41, 5.74) is 0.442. The Morgan fingerprint density at radius 1 is 1.21 bits per heavy atom. The third-order valence-electron chi connectivity index (χ3n) is 3.63. The van der Waals surface area contributed by atoms with Gasteiger partial charge in [0.1, 0.15) is 0 Å². The second kappa shape index (κ2) is 5.43. The van der Waals surface area contributed by atoms with Gasteiger partial charge >= 0.3 is 0 Å². The van der Waals surface area contributed by atoms with E-state index in [4.69, 9.17) is 0 Å². The average molecular weight is 260 g/mol. The molecule has 4 nitrogen and oxygen atoms in total. The number of amides is 2. The summed E-state index contributed by atoms with van der Waals surface area (Å²) < 4.78 is 0. The SMILES string of the molecule is CC(C)(C(=O)N1CCNC(=O)CC1)c1ccccc1. The van der Waals surface area contributed by atoms with Gasteiger partial charge in [-0.1, -0.05) is 30.3 Å². The molecule has 0 radical (unpaired) electrons. The van der Waals surface area contributed by atoms with Gasteiger partial charge in [0.15, 0.2) is 0 Å². The van der Waals surface area contributed by atoms with Gasteiger partial charge in [-0.3, -0.25) is 9.59 Å². The zero-order valence-corrected chi connectivity index (χ0v) is 11.5. The number of rotatable bonds is 2. The van der Waals surface area contributed by atoms with Gasteiger partial charge in [-0.15, -0.1) is 0 Å². The minimum Gasteiger partial charge on any atom is -0.354 e. The molecule has 2 amide bonds. The fraction of sp³-hybridized carbons (Fsp3) is 0.467. The van der Waals surface area contributed by atoms with Crippen LogP contribution in [0.1, 0.15) is 25.8 Å². The fourth-order valence-electron chi connectivity index (χ4n) is 2.34. The van der Waals surface area contributed by atoms with Crippen molar-refractivity contribution in [1.29, 1.82) is 0 Å². The molecule has 19 heavy (non-hydrogen) atoms. The number of nitrogens with zero attached hydrogens (tertiary/aromatic N) is 1. The van der Waals surface area contributed by atoms with Crippen LogP contribution in [0.15, 0.2) is 30.3 Å². The smallest absolute Gasteiger partial charge is 0.232 e. The number of carbonyl (C=O) groups excluding carboxylic acids is 2. The molecule has 1 heterocycles. The van der Waals surface area contributed by atoms with Gasteiger partial charge in [-0.2, -0.15) is 0 Å². The highest BCUT2D eigenvalue weighted by molar-refractivity contribution is 5.88. The first-order chi connectivity index (χ1) is 9.01. The molecule has 102 valence electrons. The normalized spacial score (nSPS) is 16.7. The Balaban J connectivity index is 2.16. The highest BCUT2D eigenvalue weighted by Crippen LogP contribution is 2.25. The lowest BCUT2D eigenvalue weighted by molar-refractivity contribution is -0.136. The Morgan fingerprint density at radius 3 is 2.58 bits per heavy atom. The van der Waals surface area contributed by atoms with Crippen LogP contribution in [-0.4, -0.2) is 36.3 Å². The van der Waals surface area contributed by atoms with E-state index in [0.717, 1.165) is 5.56 Å². The molecule has 1 aliphatic rings. The van der Waals surface area contributed by atoms with Crippen LogP contribution in [0.3, 0.4) is 0 Å². The molecule has 4 heteroatoms. The van der Waals surface area contributed by atoms with Crippen LogP contribution in [0.25, 0.3) is 0 Å². The molecule has 0 bridgehead atoms. The summed E-state index contributed by atoms with van der Waals surface area (Å²) in [5.74, 6) is 0.100. The van der Waals surface area contributed by atoms with Crippen LogP contribution in [-0.2, 0) is 15.0 Å². The van der Waals surface area contributed by atoms with Crippen molar-refractivity contribution >= 4 is 11.8 Å². The fourth-order valence-corrected chi connectivity index (χ4v) is 2.34. The molecule has 0 atom stereocenters. The molecule has 1 aliphatic heterocycles. The Bertz CT molecular complexity index is 468. The van der Waals surface area contributed by atoms with E-state index in [1.54, 1.807) is 4.90 Å². The molecule has 1 fully saturated rings. The van der Waals surface area contributed by atoms with Gasteiger partial charge in [0, 0.05) is 26.1 Å². The predicted molar refractivity (Wildman–Crippen MR) is 73.7 cm³/mol. The van der Waals surface area contributed by atoms with Crippen molar-refractivity contribution in [3.05, 3.63) is 35.9 Å². The van der Waals surface area contributed by atoms with Crippen LogP contribution in [0, 0.1) is 0 Å². The third-order valence-corrected chi connectivity index (χ3v) is 3.63. The third kappa shape index (κ3) is 2.95. The summed E-state index contributed by atoms with van der Waals surface area (Å²) in [6.45, 7) is 5.49. The van der Waals surface area contributed by atoms with Crippen LogP contribution in [0.4, 0.5) is 0 Å². The van der Waals surface area contributed by atoms with E-state index in [1.807, 2.05) is 44.2 Å². The van der Waals surface area contributed by atoms with Crippen LogP contribution < -0.4 is 5.32 Å². The molecule has 0 saturated carbocycles. The first-order valence-corrected chi connectivity index (χ1v) is 6.63. The monoisotopic (exact) mass is 260 g/mol. The second-order valence-electron chi connectivity index (χ2n) is 5.38. The van der Waals surface area contributed by atoms with E-state index in [0.29, 0.717) is 26.1 Å². The molecule has 1 aromatic rings. The molecule has 1 aromatic carbocycles. The maximum atomic E-state index is 12.7. The summed E-state index contributed by atoms with van der Waals surface area (Å²) in [4.78, 5) is 25.8. The van der Waals surface area contributed by atoms with Gasteiger partial charge in [0.05, 0.1) is 5.41 Å². The molecule has 0 unspecified atom stereocenters. The number of carbonyl (C=O) groups is 2. The van der Waals surface area contributed by atoms with Crippen molar-refractivity contribution in [3.63, 3.8) is 0 Å². The summed E-state index contributed by atoms with van der Waals surface area (Å²) in [7, 11) is 0. The van der Waals surface area contributed by atoms with Gasteiger partial charge < -0.3 is 10.2 Å². The number of nitrogens with one attached hydrogen (secondary N) is 1. The van der Waals surface area contributed by atoms with Gasteiger partial charge in [-0.25, -0.2) is 0 Å². The van der Waals surface area contributed by atoms with Crippen LogP contribution in [0.5, 0.6) is 0 Å². The molecule has 1 N–H and O–H groups in total. The van der Waals surface area contributed by atoms with E-state index in [2.05, 4.69) is 5.32 Å². The largest absolute Gasteiger partial charge is 0.354 e. The van der Waals surface area contributed by atoms with E-state index in [9.17, 15) is 9.59 Å². The predicted octanol–water partition coefficient (Wildman–Crippen LogP) is 1.31. The topological polar surface area (TPSA) is 49.4 Å². The number of hydrogen-bond acceptors (Lipinski definition) is 2. The summed E-state index contributed by atoms with van der Waals surface area (Å²) in [6, 6.07) is 9.77. The number of benzene rings is 1. The minimum absolute atomic E-state index is 0.0211. The quantitative estimate of drug-likeness (QED) is 0.871. The lowest BCUT2D eigenvalue weighted by Crippen LogP contribution is -2.44. The van der Waals surface area contributed by atoms with Crippen molar-refractivity contribution in [2.24, 2.45) is 0 Å². The standard InChI is InChI=1S/C15H20N2O2/c1-15(2,12-6-4-3-5-7-12)14(19)17-10-8-13(18)16-9-11-17/h3-7H,8-11H2,1-2H3,(H,16,18). The first kappa shape index (κ1) is 13.6. The zero-order valence-electron chi connectivity index (χ0n) is 11.5. The van der Waals surface area contributed by atoms with Crippen molar-refractivity contribution in [2.75, 3.05) is 19.6 Å². The summed E-state index contributed by atoms with van der Waals surface area (Å²) in [5, 5.41) is 2.79. The van der Waals surface area contributed by atoms with Crippen molar-refractivity contribution in [2.45, 2.75) is 25.7 Å². The average Bonchev–Trinajstić information content (AvgIpc) is 2.63. The Morgan fingerprint density at radius 2 is 1.89 bits per heavy atom. The molecular formula is C15H20N2O2. The minimum atomic E-state index is -0.561. The van der Waals surface area contributed by atoms with E-state index >= 15 is 0 Å². The Labute approximate surface area is 113 Å². The summed E-state index contributed by atoms with van der Waals surface area (Å²) in [6.07, 6.45) is 0.386. The second-order valence-corrected chi connectivity index (χ2v) is 5.38. The van der Waals surface area contributed by atoms with Crippen molar-refractivity contribution < 1.29 is 9.59 Å². The van der Waals surface area contributed by atoms with Crippen LogP contribution >= 0.6 is 0 Å². The van der Waals surface area contributed by atoms with Crippen LogP contribution in [0.2, 0.25) is 0 Å². The first-order valence-electron chi connectivity index (χ1n) is 6.63. The highest BCUT2D eigenvalue weighted by atomic mass is 16.2. The highest BCUT2D eigenvalue weighted by Gasteiger charge is 2.34. The molecule has 0 spiro atoms. The van der Waals surface area contributed by atoms with E-state index < -0.39 is 5.41 Å². The van der Waals surface area contributed by atoms with Gasteiger partial charge in [0.25, 0.3) is 0 Å². The van der Waals surface area contributed by atoms with E-state index in [-0.39, 0.29) is 11.8 Å². The summed E-state index contributed by atoms with van der Waals surface area (Å²) >= 11 is 0. The molecule has 0 aliphatic carbocycles. The lowest BCUT2D eigenvalue weighted by Gasteiger charge is -2.31. The zero-order chi connectivity index (χ0) is 13.9. The molecule has 0 aromatic heterocycles. The van der Waals surface area contributed by atoms with Crippen molar-refractivity contribution in [3.8, 4) is 0 Å². The Hall–Kier alpha value is -1.84. The lowest BCUT2D eigenvalue weighted by atomic mass is 9.83. The maximum absolute atomic E-state index is 12.7.